The van der Waals surface area contributed by atoms with Crippen LogP contribution in [0.5, 0.6) is 0 Å². The molecule has 0 spiro atoms. The summed E-state index contributed by atoms with van der Waals surface area (Å²) in [5.74, 6) is 0.374. The van der Waals surface area contributed by atoms with Gasteiger partial charge in [-0.1, -0.05) is 11.6 Å². The number of rotatable bonds is 3. The maximum Gasteiger partial charge on any atom is 0.251 e. The van der Waals surface area contributed by atoms with Gasteiger partial charge in [-0.05, 0) is 34.1 Å². The Morgan fingerprint density at radius 2 is 2.33 bits per heavy atom. The molecule has 0 atom stereocenters. The first kappa shape index (κ1) is 13.0. The highest BCUT2D eigenvalue weighted by Gasteiger charge is 2.08. The highest BCUT2D eigenvalue weighted by atomic mass is 79.9. The number of carbonyl (C=O) groups is 1. The molecule has 0 bridgehead atoms. The summed E-state index contributed by atoms with van der Waals surface area (Å²) >= 11 is 9.13. The molecule has 1 aromatic carbocycles. The lowest BCUT2D eigenvalue weighted by Crippen LogP contribution is -2.23. The van der Waals surface area contributed by atoms with E-state index >= 15 is 0 Å². The average molecular weight is 330 g/mol. The highest BCUT2D eigenvalue weighted by Crippen LogP contribution is 2.23. The van der Waals surface area contributed by atoms with E-state index in [1.54, 1.807) is 36.3 Å². The summed E-state index contributed by atoms with van der Waals surface area (Å²) in [5.41, 5.74) is 0.530. The molecule has 7 heteroatoms. The number of hydrogen-bond acceptors (Lipinski definition) is 3. The van der Waals surface area contributed by atoms with Crippen LogP contribution >= 0.6 is 27.5 Å². The molecule has 2 rings (SSSR count). The van der Waals surface area contributed by atoms with Gasteiger partial charge in [0, 0.05) is 17.1 Å². The van der Waals surface area contributed by atoms with Crippen LogP contribution in [0.4, 0.5) is 0 Å². The van der Waals surface area contributed by atoms with Crippen molar-refractivity contribution >= 4 is 33.4 Å². The minimum atomic E-state index is -0.195. The maximum absolute atomic E-state index is 11.9. The molecule has 0 aliphatic carbocycles. The second-order valence-electron chi connectivity index (χ2n) is 3.65. The minimum Gasteiger partial charge on any atom is -0.345 e. The fourth-order valence-corrected chi connectivity index (χ4v) is 1.86. The van der Waals surface area contributed by atoms with E-state index in [4.69, 9.17) is 11.6 Å². The van der Waals surface area contributed by atoms with Crippen LogP contribution < -0.4 is 5.32 Å². The van der Waals surface area contributed by atoms with Gasteiger partial charge in [0.25, 0.3) is 5.91 Å². The standard InChI is InChI=1S/C11H10BrClN4O/c1-17-6-15-10(16-17)5-14-11(18)7-2-3-9(13)8(12)4-7/h2-4,6H,5H2,1H3,(H,14,18). The summed E-state index contributed by atoms with van der Waals surface area (Å²) in [6.07, 6.45) is 1.58. The molecule has 1 heterocycles. The van der Waals surface area contributed by atoms with Gasteiger partial charge in [0.05, 0.1) is 11.6 Å². The molecule has 1 aromatic heterocycles. The first-order valence-corrected chi connectivity index (χ1v) is 6.31. The van der Waals surface area contributed by atoms with Crippen LogP contribution in [0.2, 0.25) is 5.02 Å². The van der Waals surface area contributed by atoms with Gasteiger partial charge in [0.1, 0.15) is 6.33 Å². The van der Waals surface area contributed by atoms with Gasteiger partial charge in [-0.2, -0.15) is 5.10 Å². The smallest absolute Gasteiger partial charge is 0.251 e. The first-order chi connectivity index (χ1) is 8.56. The summed E-state index contributed by atoms with van der Waals surface area (Å²) < 4.78 is 2.27. The third-order valence-electron chi connectivity index (χ3n) is 2.24. The molecule has 0 fully saturated rings. The van der Waals surface area contributed by atoms with Crippen LogP contribution in [-0.2, 0) is 13.6 Å². The van der Waals surface area contributed by atoms with Gasteiger partial charge in [0.15, 0.2) is 5.82 Å². The van der Waals surface area contributed by atoms with Gasteiger partial charge in [-0.3, -0.25) is 9.48 Å². The number of benzene rings is 1. The van der Waals surface area contributed by atoms with Gasteiger partial charge >= 0.3 is 0 Å². The Morgan fingerprint density at radius 3 is 2.94 bits per heavy atom. The van der Waals surface area contributed by atoms with Gasteiger partial charge in [-0.25, -0.2) is 4.98 Å². The van der Waals surface area contributed by atoms with Crippen molar-refractivity contribution in [2.75, 3.05) is 0 Å². The van der Waals surface area contributed by atoms with Crippen molar-refractivity contribution in [1.82, 2.24) is 20.1 Å². The van der Waals surface area contributed by atoms with E-state index in [1.165, 1.54) is 0 Å². The zero-order valence-corrected chi connectivity index (χ0v) is 11.9. The molecule has 2 aromatic rings. The third kappa shape index (κ3) is 3.08. The van der Waals surface area contributed by atoms with Crippen molar-refractivity contribution in [3.8, 4) is 0 Å². The van der Waals surface area contributed by atoms with Crippen LogP contribution in [0.25, 0.3) is 0 Å². The molecule has 1 amide bonds. The molecule has 1 N–H and O–H groups in total. The fourth-order valence-electron chi connectivity index (χ4n) is 1.36. The van der Waals surface area contributed by atoms with E-state index < -0.39 is 0 Å². The van der Waals surface area contributed by atoms with Gasteiger partial charge in [-0.15, -0.1) is 0 Å². The molecule has 0 radical (unpaired) electrons. The molecule has 0 saturated carbocycles. The lowest BCUT2D eigenvalue weighted by atomic mass is 10.2. The number of hydrogen-bond donors (Lipinski definition) is 1. The van der Waals surface area contributed by atoms with Gasteiger partial charge < -0.3 is 5.32 Å². The molecule has 0 aliphatic rings. The normalized spacial score (nSPS) is 10.4. The molecular weight excluding hydrogens is 320 g/mol. The molecule has 0 saturated heterocycles. The van der Waals surface area contributed by atoms with Crippen molar-refractivity contribution < 1.29 is 4.79 Å². The summed E-state index contributed by atoms with van der Waals surface area (Å²) in [5, 5.41) is 7.37. The van der Waals surface area contributed by atoms with Crippen LogP contribution in [0.3, 0.4) is 0 Å². The fraction of sp³-hybridized carbons (Fsp3) is 0.182. The summed E-state index contributed by atoms with van der Waals surface area (Å²) in [6.45, 7) is 0.292. The monoisotopic (exact) mass is 328 g/mol. The van der Waals surface area contributed by atoms with Crippen LogP contribution in [0, 0.1) is 0 Å². The van der Waals surface area contributed by atoms with E-state index in [9.17, 15) is 4.79 Å². The van der Waals surface area contributed by atoms with Crippen molar-refractivity contribution in [1.29, 1.82) is 0 Å². The number of nitrogens with zero attached hydrogens (tertiary/aromatic N) is 3. The van der Waals surface area contributed by atoms with E-state index in [0.717, 1.165) is 0 Å². The van der Waals surface area contributed by atoms with Crippen molar-refractivity contribution in [2.24, 2.45) is 7.05 Å². The Bertz CT molecular complexity index is 584. The van der Waals surface area contributed by atoms with Crippen LogP contribution in [-0.4, -0.2) is 20.7 Å². The molecule has 0 aliphatic heterocycles. The first-order valence-electron chi connectivity index (χ1n) is 5.14. The molecular formula is C11H10BrClN4O. The number of aromatic nitrogens is 3. The van der Waals surface area contributed by atoms with E-state index in [2.05, 4.69) is 31.3 Å². The Hall–Kier alpha value is -1.40. The molecule has 18 heavy (non-hydrogen) atoms. The third-order valence-corrected chi connectivity index (χ3v) is 3.45. The van der Waals surface area contributed by atoms with Crippen molar-refractivity contribution in [3.63, 3.8) is 0 Å². The van der Waals surface area contributed by atoms with Crippen LogP contribution in [0.1, 0.15) is 16.2 Å². The van der Waals surface area contributed by atoms with E-state index in [0.29, 0.717) is 27.4 Å². The number of carbonyl (C=O) groups excluding carboxylic acids is 1. The van der Waals surface area contributed by atoms with Gasteiger partial charge in [0.2, 0.25) is 0 Å². The summed E-state index contributed by atoms with van der Waals surface area (Å²) in [6, 6.07) is 5.00. The number of nitrogens with one attached hydrogen (secondary N) is 1. The minimum absolute atomic E-state index is 0.195. The van der Waals surface area contributed by atoms with Crippen molar-refractivity contribution in [3.05, 3.63) is 45.4 Å². The number of halogens is 2. The summed E-state index contributed by atoms with van der Waals surface area (Å²) in [7, 11) is 1.77. The van der Waals surface area contributed by atoms with Crippen molar-refractivity contribution in [2.45, 2.75) is 6.54 Å². The molecule has 0 unspecified atom stereocenters. The molecule has 94 valence electrons. The maximum atomic E-state index is 11.9. The predicted octanol–water partition coefficient (Wildman–Crippen LogP) is 2.16. The Balaban J connectivity index is 2.01. The zero-order valence-electron chi connectivity index (χ0n) is 9.52. The second kappa shape index (κ2) is 5.49. The highest BCUT2D eigenvalue weighted by molar-refractivity contribution is 9.10. The number of aryl methyl sites for hydroxylation is 1. The Labute approximate surface area is 117 Å². The average Bonchev–Trinajstić information content (AvgIpc) is 2.75. The largest absolute Gasteiger partial charge is 0.345 e. The molecule has 5 nitrogen and oxygen atoms in total. The topological polar surface area (TPSA) is 59.8 Å². The number of amides is 1. The van der Waals surface area contributed by atoms with E-state index in [1.807, 2.05) is 0 Å². The van der Waals surface area contributed by atoms with E-state index in [-0.39, 0.29) is 5.91 Å². The zero-order chi connectivity index (χ0) is 13.1. The SMILES string of the molecule is Cn1cnc(CNC(=O)c2ccc(Cl)c(Br)c2)n1. The lowest BCUT2D eigenvalue weighted by Gasteiger charge is -2.04. The summed E-state index contributed by atoms with van der Waals surface area (Å²) in [4.78, 5) is 15.9. The second-order valence-corrected chi connectivity index (χ2v) is 4.91. The Kier molecular flexibility index (Phi) is 3.98. The van der Waals surface area contributed by atoms with Crippen LogP contribution in [0.15, 0.2) is 29.0 Å². The quantitative estimate of drug-likeness (QED) is 0.939. The Morgan fingerprint density at radius 1 is 1.56 bits per heavy atom. The predicted molar refractivity (Wildman–Crippen MR) is 71.3 cm³/mol. The lowest BCUT2D eigenvalue weighted by molar-refractivity contribution is 0.0950.